The van der Waals surface area contributed by atoms with E-state index in [9.17, 15) is 0 Å². The molecule has 0 aliphatic rings. The zero-order valence-electron chi connectivity index (χ0n) is 13.2. The third kappa shape index (κ3) is 4.38. The van der Waals surface area contributed by atoms with Gasteiger partial charge in [-0.3, -0.25) is 0 Å². The molecule has 0 aliphatic heterocycles. The van der Waals surface area contributed by atoms with Gasteiger partial charge in [-0.2, -0.15) is 0 Å². The third-order valence-corrected chi connectivity index (χ3v) is 5.30. The van der Waals surface area contributed by atoms with Gasteiger partial charge in [-0.05, 0) is 57.0 Å². The van der Waals surface area contributed by atoms with Crippen LogP contribution in [0.4, 0.5) is 0 Å². The van der Waals surface area contributed by atoms with E-state index in [1.807, 2.05) is 11.3 Å². The zero-order valence-corrected chi connectivity index (χ0v) is 15.6. The Bertz CT molecular complexity index is 587. The van der Waals surface area contributed by atoms with Crippen LogP contribution in [-0.2, 0) is 6.42 Å². The number of aromatic nitrogens is 1. The Hall–Kier alpha value is -0.710. The number of nitrogens with one attached hydrogen (secondary N) is 1. The fraction of sp³-hybridized carbons (Fsp3) is 0.471. The van der Waals surface area contributed by atoms with Crippen LogP contribution in [0.5, 0.6) is 0 Å². The Morgan fingerprint density at radius 1 is 1.29 bits per heavy atom. The van der Waals surface area contributed by atoms with Crippen molar-refractivity contribution in [2.24, 2.45) is 0 Å². The number of thiazole rings is 1. The number of halogens is 1. The summed E-state index contributed by atoms with van der Waals surface area (Å²) < 4.78 is 1.14. The van der Waals surface area contributed by atoms with Crippen molar-refractivity contribution < 1.29 is 0 Å². The van der Waals surface area contributed by atoms with E-state index in [2.05, 4.69) is 67.1 Å². The van der Waals surface area contributed by atoms with Crippen molar-refractivity contribution in [3.8, 4) is 0 Å². The van der Waals surface area contributed by atoms with E-state index < -0.39 is 0 Å². The lowest BCUT2D eigenvalue weighted by atomic mass is 9.99. The van der Waals surface area contributed by atoms with Crippen molar-refractivity contribution in [2.75, 3.05) is 6.54 Å². The van der Waals surface area contributed by atoms with Gasteiger partial charge in [-0.1, -0.05) is 28.9 Å². The molecular formula is C17H23BrN2S. The highest BCUT2D eigenvalue weighted by Crippen LogP contribution is 2.27. The van der Waals surface area contributed by atoms with Gasteiger partial charge in [0.25, 0.3) is 0 Å². The molecule has 114 valence electrons. The minimum atomic E-state index is 0.326. The number of benzene rings is 1. The maximum absolute atomic E-state index is 4.70. The van der Waals surface area contributed by atoms with Crippen LogP contribution in [-0.4, -0.2) is 11.5 Å². The van der Waals surface area contributed by atoms with Gasteiger partial charge in [0.15, 0.2) is 0 Å². The normalized spacial score (nSPS) is 12.6. The molecule has 1 heterocycles. The summed E-state index contributed by atoms with van der Waals surface area (Å²) in [6.07, 6.45) is 2.09. The van der Waals surface area contributed by atoms with E-state index in [1.165, 1.54) is 21.0 Å². The van der Waals surface area contributed by atoms with Crippen LogP contribution in [0.15, 0.2) is 22.7 Å². The fourth-order valence-corrected chi connectivity index (χ4v) is 3.76. The molecule has 1 N–H and O–H groups in total. The first-order valence-corrected chi connectivity index (χ1v) is 9.04. The molecule has 2 rings (SSSR count). The summed E-state index contributed by atoms with van der Waals surface area (Å²) in [4.78, 5) is 6.03. The molecule has 1 unspecified atom stereocenters. The van der Waals surface area contributed by atoms with Crippen LogP contribution in [0.3, 0.4) is 0 Å². The molecule has 1 atom stereocenters. The molecule has 0 amide bonds. The highest BCUT2D eigenvalue weighted by atomic mass is 79.9. The van der Waals surface area contributed by atoms with E-state index in [4.69, 9.17) is 4.98 Å². The predicted octanol–water partition coefficient (Wildman–Crippen LogP) is 5.11. The lowest BCUT2D eigenvalue weighted by Gasteiger charge is -2.20. The van der Waals surface area contributed by atoms with Crippen LogP contribution in [0.1, 0.15) is 46.1 Å². The van der Waals surface area contributed by atoms with E-state index in [-0.39, 0.29) is 0 Å². The summed E-state index contributed by atoms with van der Waals surface area (Å²) in [5.41, 5.74) is 3.86. The van der Waals surface area contributed by atoms with Gasteiger partial charge in [0, 0.05) is 21.8 Å². The predicted molar refractivity (Wildman–Crippen MR) is 95.2 cm³/mol. The lowest BCUT2D eigenvalue weighted by Crippen LogP contribution is -2.24. The third-order valence-electron chi connectivity index (χ3n) is 3.71. The molecule has 4 heteroatoms. The number of aryl methyl sites for hydroxylation is 3. The second-order valence-electron chi connectivity index (χ2n) is 5.46. The van der Waals surface area contributed by atoms with Crippen molar-refractivity contribution in [1.29, 1.82) is 0 Å². The second-order valence-corrected chi connectivity index (χ2v) is 7.66. The van der Waals surface area contributed by atoms with E-state index in [1.54, 1.807) is 0 Å². The quantitative estimate of drug-likeness (QED) is 0.767. The smallest absolute Gasteiger partial charge is 0.0949 e. The maximum atomic E-state index is 4.70. The number of hydrogen-bond acceptors (Lipinski definition) is 3. The Morgan fingerprint density at radius 2 is 2.05 bits per heavy atom. The minimum absolute atomic E-state index is 0.326. The standard InChI is InChI=1S/C17H23BrN2S/c1-5-8-19-16(10-17-20-12(3)13(4)21-17)15-9-14(18)7-6-11(15)2/h6-7,9,16,19H,5,8,10H2,1-4H3. The molecular weight excluding hydrogens is 344 g/mol. The zero-order chi connectivity index (χ0) is 15.4. The van der Waals surface area contributed by atoms with Crippen molar-refractivity contribution in [2.45, 2.75) is 46.6 Å². The van der Waals surface area contributed by atoms with Crippen molar-refractivity contribution in [3.63, 3.8) is 0 Å². The van der Waals surface area contributed by atoms with Gasteiger partial charge in [0.05, 0.1) is 10.7 Å². The van der Waals surface area contributed by atoms with Crippen LogP contribution in [0.25, 0.3) is 0 Å². The molecule has 2 nitrogen and oxygen atoms in total. The lowest BCUT2D eigenvalue weighted by molar-refractivity contribution is 0.526. The molecule has 21 heavy (non-hydrogen) atoms. The Labute approximate surface area is 140 Å². The summed E-state index contributed by atoms with van der Waals surface area (Å²) in [5.74, 6) is 0. The molecule has 0 bridgehead atoms. The summed E-state index contributed by atoms with van der Waals surface area (Å²) in [5, 5.41) is 4.90. The van der Waals surface area contributed by atoms with Gasteiger partial charge in [0.2, 0.25) is 0 Å². The van der Waals surface area contributed by atoms with Crippen LogP contribution >= 0.6 is 27.3 Å². The highest BCUT2D eigenvalue weighted by molar-refractivity contribution is 9.10. The molecule has 1 aromatic carbocycles. The monoisotopic (exact) mass is 366 g/mol. The first-order chi connectivity index (χ1) is 10.0. The molecule has 0 saturated carbocycles. The van der Waals surface area contributed by atoms with E-state index in [0.717, 1.165) is 29.6 Å². The Kier molecular flexibility index (Phi) is 5.97. The fourth-order valence-electron chi connectivity index (χ4n) is 2.40. The van der Waals surface area contributed by atoms with Gasteiger partial charge < -0.3 is 5.32 Å². The van der Waals surface area contributed by atoms with Crippen molar-refractivity contribution >= 4 is 27.3 Å². The number of rotatable bonds is 6. The van der Waals surface area contributed by atoms with Gasteiger partial charge in [-0.25, -0.2) is 4.98 Å². The topological polar surface area (TPSA) is 24.9 Å². The molecule has 0 aliphatic carbocycles. The average molecular weight is 367 g/mol. The Morgan fingerprint density at radius 3 is 2.67 bits per heavy atom. The van der Waals surface area contributed by atoms with Crippen LogP contribution in [0, 0.1) is 20.8 Å². The van der Waals surface area contributed by atoms with Gasteiger partial charge in [0.1, 0.15) is 0 Å². The minimum Gasteiger partial charge on any atom is -0.310 e. The van der Waals surface area contributed by atoms with Crippen LogP contribution < -0.4 is 5.32 Å². The average Bonchev–Trinajstić information content (AvgIpc) is 2.76. The molecule has 0 spiro atoms. The van der Waals surface area contributed by atoms with Crippen molar-refractivity contribution in [3.05, 3.63) is 49.4 Å². The van der Waals surface area contributed by atoms with E-state index >= 15 is 0 Å². The molecule has 2 aromatic rings. The SMILES string of the molecule is CCCNC(Cc1nc(C)c(C)s1)c1cc(Br)ccc1C. The first kappa shape index (κ1) is 16.7. The highest BCUT2D eigenvalue weighted by Gasteiger charge is 2.16. The largest absolute Gasteiger partial charge is 0.310 e. The first-order valence-electron chi connectivity index (χ1n) is 7.43. The molecule has 1 aromatic heterocycles. The molecule has 0 fully saturated rings. The van der Waals surface area contributed by atoms with Gasteiger partial charge >= 0.3 is 0 Å². The number of nitrogens with zero attached hydrogens (tertiary/aromatic N) is 1. The summed E-state index contributed by atoms with van der Waals surface area (Å²) in [6.45, 7) is 9.65. The number of hydrogen-bond donors (Lipinski definition) is 1. The van der Waals surface area contributed by atoms with E-state index in [0.29, 0.717) is 6.04 Å². The molecule has 0 saturated heterocycles. The maximum Gasteiger partial charge on any atom is 0.0949 e. The summed E-state index contributed by atoms with van der Waals surface area (Å²) in [7, 11) is 0. The Balaban J connectivity index is 2.27. The summed E-state index contributed by atoms with van der Waals surface area (Å²) >= 11 is 5.41. The summed E-state index contributed by atoms with van der Waals surface area (Å²) in [6, 6.07) is 6.84. The van der Waals surface area contributed by atoms with Gasteiger partial charge in [-0.15, -0.1) is 11.3 Å². The molecule has 0 radical (unpaired) electrons. The second kappa shape index (κ2) is 7.52. The van der Waals surface area contributed by atoms with Crippen molar-refractivity contribution in [1.82, 2.24) is 10.3 Å². The van der Waals surface area contributed by atoms with Crippen LogP contribution in [0.2, 0.25) is 0 Å².